The van der Waals surface area contributed by atoms with E-state index >= 15 is 0 Å². The summed E-state index contributed by atoms with van der Waals surface area (Å²) < 4.78 is 5.89. The molecule has 0 aromatic heterocycles. The molecule has 0 saturated carbocycles. The lowest BCUT2D eigenvalue weighted by molar-refractivity contribution is -0.0230. The molecule has 23 heavy (non-hydrogen) atoms. The molecule has 2 aromatic rings. The number of nitrogens with two attached hydrogens (primary N) is 1. The van der Waals surface area contributed by atoms with Crippen LogP contribution in [0.1, 0.15) is 33.2 Å². The lowest BCUT2D eigenvalue weighted by Gasteiger charge is -2.34. The Morgan fingerprint density at radius 2 is 1.96 bits per heavy atom. The van der Waals surface area contributed by atoms with Crippen molar-refractivity contribution in [3.8, 4) is 0 Å². The van der Waals surface area contributed by atoms with Crippen LogP contribution in [-0.2, 0) is 11.3 Å². The minimum Gasteiger partial charge on any atom is -0.370 e. The molecule has 1 heterocycles. The molecule has 1 atom stereocenters. The van der Waals surface area contributed by atoms with Crippen molar-refractivity contribution in [1.29, 1.82) is 0 Å². The minimum absolute atomic E-state index is 0.0513. The predicted molar refractivity (Wildman–Crippen MR) is 90.1 cm³/mol. The van der Waals surface area contributed by atoms with Gasteiger partial charge in [-0.1, -0.05) is 36.4 Å². The molecule has 0 unspecified atom stereocenters. The van der Waals surface area contributed by atoms with Crippen molar-refractivity contribution in [2.75, 3.05) is 19.7 Å². The third-order valence-corrected chi connectivity index (χ3v) is 4.33. The molecule has 1 amide bonds. The van der Waals surface area contributed by atoms with Gasteiger partial charge in [0.05, 0.1) is 13.2 Å². The zero-order valence-electron chi connectivity index (χ0n) is 13.4. The molecule has 4 heteroatoms. The van der Waals surface area contributed by atoms with Crippen LogP contribution in [0.5, 0.6) is 0 Å². The average molecular weight is 310 g/mol. The van der Waals surface area contributed by atoms with E-state index in [-0.39, 0.29) is 12.0 Å². The zero-order valence-corrected chi connectivity index (χ0v) is 13.4. The Bertz CT molecular complexity index is 682. The molecule has 1 aliphatic heterocycles. The number of carbonyl (C=O) groups excluding carboxylic acids is 1. The fraction of sp³-hybridized carbons (Fsp3) is 0.316. The molecule has 4 nitrogen and oxygen atoms in total. The number of rotatable bonds is 3. The number of amides is 1. The van der Waals surface area contributed by atoms with E-state index in [0.29, 0.717) is 31.8 Å². The van der Waals surface area contributed by atoms with Crippen LogP contribution in [0, 0.1) is 6.92 Å². The Hall–Kier alpha value is -2.17. The standard InChI is InChI=1S/C19H22N2O2/c1-14-4-2-3-5-17(14)18-13-21(10-11-23-18)19(22)16-8-6-15(12-20)7-9-16/h2-9,18H,10-13,20H2,1H3/t18-/m1/s1. The molecule has 0 aliphatic carbocycles. The first-order valence-corrected chi connectivity index (χ1v) is 7.94. The first-order chi connectivity index (χ1) is 11.2. The molecule has 2 aromatic carbocycles. The van der Waals surface area contributed by atoms with Crippen LogP contribution < -0.4 is 5.73 Å². The van der Waals surface area contributed by atoms with Crippen LogP contribution in [0.15, 0.2) is 48.5 Å². The summed E-state index contributed by atoms with van der Waals surface area (Å²) in [5.74, 6) is 0.0513. The molecular weight excluding hydrogens is 288 g/mol. The first kappa shape index (κ1) is 15.7. The number of carbonyl (C=O) groups is 1. The maximum Gasteiger partial charge on any atom is 0.254 e. The molecule has 1 fully saturated rings. The topological polar surface area (TPSA) is 55.6 Å². The fourth-order valence-corrected chi connectivity index (χ4v) is 2.94. The van der Waals surface area contributed by atoms with Gasteiger partial charge < -0.3 is 15.4 Å². The van der Waals surface area contributed by atoms with Crippen LogP contribution in [0.4, 0.5) is 0 Å². The number of ether oxygens (including phenoxy) is 1. The summed E-state index contributed by atoms with van der Waals surface area (Å²) in [5, 5.41) is 0. The molecule has 3 rings (SSSR count). The molecule has 0 spiro atoms. The van der Waals surface area contributed by atoms with Crippen molar-refractivity contribution in [3.05, 3.63) is 70.8 Å². The van der Waals surface area contributed by atoms with Crippen molar-refractivity contribution in [3.63, 3.8) is 0 Å². The van der Waals surface area contributed by atoms with Crippen molar-refractivity contribution in [2.24, 2.45) is 5.73 Å². The van der Waals surface area contributed by atoms with Crippen molar-refractivity contribution in [2.45, 2.75) is 19.6 Å². The number of hydrogen-bond donors (Lipinski definition) is 1. The summed E-state index contributed by atoms with van der Waals surface area (Å²) in [6.45, 7) is 4.33. The van der Waals surface area contributed by atoms with Gasteiger partial charge in [0.15, 0.2) is 0 Å². The number of hydrogen-bond acceptors (Lipinski definition) is 3. The van der Waals surface area contributed by atoms with Crippen LogP contribution in [-0.4, -0.2) is 30.5 Å². The molecule has 0 bridgehead atoms. The van der Waals surface area contributed by atoms with Crippen LogP contribution >= 0.6 is 0 Å². The van der Waals surface area contributed by atoms with Crippen molar-refractivity contribution >= 4 is 5.91 Å². The predicted octanol–water partition coefficient (Wildman–Crippen LogP) is 2.67. The van der Waals surface area contributed by atoms with Gasteiger partial charge in [0.25, 0.3) is 5.91 Å². The van der Waals surface area contributed by atoms with Crippen LogP contribution in [0.25, 0.3) is 0 Å². The van der Waals surface area contributed by atoms with Crippen molar-refractivity contribution < 1.29 is 9.53 Å². The lowest BCUT2D eigenvalue weighted by atomic mass is 10.0. The van der Waals surface area contributed by atoms with E-state index in [0.717, 1.165) is 11.1 Å². The van der Waals surface area contributed by atoms with Gasteiger partial charge >= 0.3 is 0 Å². The number of morpholine rings is 1. The summed E-state index contributed by atoms with van der Waals surface area (Å²) in [6, 6.07) is 15.7. The van der Waals surface area contributed by atoms with E-state index in [1.165, 1.54) is 5.56 Å². The molecule has 1 saturated heterocycles. The van der Waals surface area contributed by atoms with Gasteiger partial charge in [-0.25, -0.2) is 0 Å². The summed E-state index contributed by atoms with van der Waals surface area (Å²) in [4.78, 5) is 14.6. The largest absolute Gasteiger partial charge is 0.370 e. The number of aryl methyl sites for hydroxylation is 1. The van der Waals surface area contributed by atoms with E-state index in [2.05, 4.69) is 19.1 Å². The Morgan fingerprint density at radius 3 is 2.65 bits per heavy atom. The van der Waals surface area contributed by atoms with Gasteiger partial charge in [-0.15, -0.1) is 0 Å². The van der Waals surface area contributed by atoms with Crippen LogP contribution in [0.3, 0.4) is 0 Å². The second-order valence-corrected chi connectivity index (χ2v) is 5.87. The van der Waals surface area contributed by atoms with Crippen LogP contribution in [0.2, 0.25) is 0 Å². The van der Waals surface area contributed by atoms with Gasteiger partial charge in [0, 0.05) is 18.7 Å². The maximum atomic E-state index is 12.7. The molecular formula is C19H22N2O2. The first-order valence-electron chi connectivity index (χ1n) is 7.94. The summed E-state index contributed by atoms with van der Waals surface area (Å²) in [5.41, 5.74) is 9.68. The maximum absolute atomic E-state index is 12.7. The molecule has 120 valence electrons. The fourth-order valence-electron chi connectivity index (χ4n) is 2.94. The van der Waals surface area contributed by atoms with E-state index in [1.54, 1.807) is 0 Å². The molecule has 0 radical (unpaired) electrons. The minimum atomic E-state index is -0.0581. The highest BCUT2D eigenvalue weighted by Gasteiger charge is 2.26. The van der Waals surface area contributed by atoms with Gasteiger partial charge in [-0.2, -0.15) is 0 Å². The Balaban J connectivity index is 1.75. The Morgan fingerprint density at radius 1 is 1.22 bits per heavy atom. The summed E-state index contributed by atoms with van der Waals surface area (Å²) in [7, 11) is 0. The van der Waals surface area contributed by atoms with Gasteiger partial charge in [0.1, 0.15) is 6.10 Å². The summed E-state index contributed by atoms with van der Waals surface area (Å²) in [6.07, 6.45) is -0.0581. The normalized spacial score (nSPS) is 18.0. The quantitative estimate of drug-likeness (QED) is 0.948. The van der Waals surface area contributed by atoms with Crippen molar-refractivity contribution in [1.82, 2.24) is 4.90 Å². The zero-order chi connectivity index (χ0) is 16.2. The molecule has 2 N–H and O–H groups in total. The third-order valence-electron chi connectivity index (χ3n) is 4.33. The van der Waals surface area contributed by atoms with Gasteiger partial charge in [-0.05, 0) is 35.7 Å². The van der Waals surface area contributed by atoms with E-state index < -0.39 is 0 Å². The van der Waals surface area contributed by atoms with E-state index in [1.807, 2.05) is 41.3 Å². The lowest BCUT2D eigenvalue weighted by Crippen LogP contribution is -2.42. The Kier molecular flexibility index (Phi) is 4.74. The Labute approximate surface area is 136 Å². The average Bonchev–Trinajstić information content (AvgIpc) is 2.62. The third kappa shape index (κ3) is 3.44. The monoisotopic (exact) mass is 310 g/mol. The van der Waals surface area contributed by atoms with E-state index in [9.17, 15) is 4.79 Å². The second kappa shape index (κ2) is 6.94. The van der Waals surface area contributed by atoms with Gasteiger partial charge in [-0.3, -0.25) is 4.79 Å². The number of benzene rings is 2. The number of nitrogens with zero attached hydrogens (tertiary/aromatic N) is 1. The second-order valence-electron chi connectivity index (χ2n) is 5.87. The SMILES string of the molecule is Cc1ccccc1[C@H]1CN(C(=O)c2ccc(CN)cc2)CCO1. The summed E-state index contributed by atoms with van der Waals surface area (Å²) >= 11 is 0. The highest BCUT2D eigenvalue weighted by atomic mass is 16.5. The molecule has 1 aliphatic rings. The van der Waals surface area contributed by atoms with E-state index in [4.69, 9.17) is 10.5 Å². The highest BCUT2D eigenvalue weighted by molar-refractivity contribution is 5.94. The smallest absolute Gasteiger partial charge is 0.254 e. The van der Waals surface area contributed by atoms with Gasteiger partial charge in [0.2, 0.25) is 0 Å². The highest BCUT2D eigenvalue weighted by Crippen LogP contribution is 2.25.